The fourth-order valence-electron chi connectivity index (χ4n) is 3.74. The molecule has 5 heteroatoms. The van der Waals surface area contributed by atoms with E-state index in [0.717, 1.165) is 25.7 Å². The number of phenolic OH excluding ortho intramolecular Hbond substituents is 1. The number of hydrogen-bond acceptors (Lipinski definition) is 3. The third kappa shape index (κ3) is 3.91. The lowest BCUT2D eigenvalue weighted by atomic mass is 9.79. The number of carbonyl (C=O) groups excluding carboxylic acids is 1. The van der Waals surface area contributed by atoms with Crippen LogP contribution in [-0.4, -0.2) is 15.9 Å². The zero-order valence-electron chi connectivity index (χ0n) is 15.3. The molecule has 1 heterocycles. The van der Waals surface area contributed by atoms with Crippen LogP contribution in [0.2, 0.25) is 5.02 Å². The summed E-state index contributed by atoms with van der Waals surface area (Å²) in [7, 11) is 0. The Morgan fingerprint density at radius 2 is 2.00 bits per heavy atom. The van der Waals surface area contributed by atoms with Crippen LogP contribution in [-0.2, 0) is 0 Å². The Morgan fingerprint density at radius 3 is 2.59 bits per heavy atom. The molecule has 142 valence electrons. The molecule has 0 radical (unpaired) electrons. The average molecular weight is 388 g/mol. The second-order valence-corrected chi connectivity index (χ2v) is 7.40. The molecule has 0 saturated heterocycles. The van der Waals surface area contributed by atoms with Gasteiger partial charge >= 0.3 is 0 Å². The molecular weight excluding hydrogens is 365 g/mol. The minimum absolute atomic E-state index is 0.0143. The van der Waals surface area contributed by atoms with Gasteiger partial charge < -0.3 is 5.11 Å². The van der Waals surface area contributed by atoms with Crippen molar-refractivity contribution in [3.05, 3.63) is 59.0 Å². The molecular formula is C22H23ClFNO2. The zero-order valence-corrected chi connectivity index (χ0v) is 16.1. The van der Waals surface area contributed by atoms with Crippen LogP contribution in [0.15, 0.2) is 36.9 Å². The number of rotatable bonds is 5. The van der Waals surface area contributed by atoms with E-state index in [1.54, 1.807) is 25.1 Å². The third-order valence-electron chi connectivity index (χ3n) is 5.44. The topological polar surface area (TPSA) is 50.2 Å². The summed E-state index contributed by atoms with van der Waals surface area (Å²) in [4.78, 5) is 15.9. The lowest BCUT2D eigenvalue weighted by Crippen LogP contribution is -2.13. The van der Waals surface area contributed by atoms with Gasteiger partial charge in [0.15, 0.2) is 5.78 Å². The smallest absolute Gasteiger partial charge is 0.216 e. The predicted octanol–water partition coefficient (Wildman–Crippen LogP) is 6.30. The van der Waals surface area contributed by atoms with E-state index in [1.165, 1.54) is 6.07 Å². The summed E-state index contributed by atoms with van der Waals surface area (Å²) in [6.45, 7) is 5.55. The van der Waals surface area contributed by atoms with Gasteiger partial charge in [-0.25, -0.2) is 4.98 Å². The lowest BCUT2D eigenvalue weighted by molar-refractivity contribution is 0.0985. The zero-order chi connectivity index (χ0) is 19.6. The highest BCUT2D eigenvalue weighted by molar-refractivity contribution is 6.35. The summed E-state index contributed by atoms with van der Waals surface area (Å²) < 4.78 is 14.7. The largest absolute Gasteiger partial charge is 0.506 e. The third-order valence-corrected chi connectivity index (χ3v) is 5.82. The highest BCUT2D eigenvalue weighted by Gasteiger charge is 2.24. The second-order valence-electron chi connectivity index (χ2n) is 7.02. The van der Waals surface area contributed by atoms with E-state index in [-0.39, 0.29) is 34.5 Å². The van der Waals surface area contributed by atoms with Crippen molar-refractivity contribution in [2.45, 2.75) is 44.9 Å². The van der Waals surface area contributed by atoms with E-state index in [0.29, 0.717) is 22.7 Å². The monoisotopic (exact) mass is 387 g/mol. The highest BCUT2D eigenvalue weighted by Crippen LogP contribution is 2.40. The van der Waals surface area contributed by atoms with Crippen molar-refractivity contribution in [3.63, 3.8) is 0 Å². The number of Topliss-reactive ketones (excluding diaryl/α,β-unsaturated/α-hetero) is 1. The van der Waals surface area contributed by atoms with Gasteiger partial charge in [0.2, 0.25) is 5.95 Å². The number of benzene rings is 1. The van der Waals surface area contributed by atoms with Crippen LogP contribution in [0.4, 0.5) is 4.39 Å². The van der Waals surface area contributed by atoms with Gasteiger partial charge in [-0.05, 0) is 49.7 Å². The molecule has 0 amide bonds. The Labute approximate surface area is 163 Å². The van der Waals surface area contributed by atoms with Gasteiger partial charge in [0.1, 0.15) is 5.75 Å². The predicted molar refractivity (Wildman–Crippen MR) is 106 cm³/mol. The number of aromatic hydroxyl groups is 1. The summed E-state index contributed by atoms with van der Waals surface area (Å²) in [6.07, 6.45) is 6.12. The molecule has 1 aliphatic rings. The van der Waals surface area contributed by atoms with Crippen LogP contribution in [0.25, 0.3) is 11.3 Å². The van der Waals surface area contributed by atoms with Crippen LogP contribution >= 0.6 is 11.6 Å². The van der Waals surface area contributed by atoms with E-state index in [4.69, 9.17) is 11.6 Å². The van der Waals surface area contributed by atoms with Crippen LogP contribution in [0.1, 0.15) is 60.9 Å². The summed E-state index contributed by atoms with van der Waals surface area (Å²) in [5.41, 5.74) is 1.54. The van der Waals surface area contributed by atoms with Gasteiger partial charge in [0, 0.05) is 17.5 Å². The van der Waals surface area contributed by atoms with Crippen molar-refractivity contribution in [2.24, 2.45) is 5.92 Å². The Hall–Kier alpha value is -2.20. The van der Waals surface area contributed by atoms with Crippen LogP contribution in [0, 0.1) is 11.9 Å². The first-order valence-corrected chi connectivity index (χ1v) is 9.68. The summed E-state index contributed by atoms with van der Waals surface area (Å²) in [5.74, 6) is -0.307. The van der Waals surface area contributed by atoms with E-state index >= 15 is 0 Å². The molecule has 1 aromatic carbocycles. The maximum atomic E-state index is 14.7. The first kappa shape index (κ1) is 19.6. The number of pyridine rings is 1. The maximum Gasteiger partial charge on any atom is 0.216 e. The summed E-state index contributed by atoms with van der Waals surface area (Å²) in [5, 5.41) is 10.2. The summed E-state index contributed by atoms with van der Waals surface area (Å²) in [6, 6.07) is 6.59. The number of carbonyl (C=O) groups is 1. The van der Waals surface area contributed by atoms with Gasteiger partial charge in [-0.15, -0.1) is 6.58 Å². The Kier molecular flexibility index (Phi) is 5.95. The Bertz CT molecular complexity index is 873. The van der Waals surface area contributed by atoms with Gasteiger partial charge in [-0.2, -0.15) is 4.39 Å². The Balaban J connectivity index is 1.89. The normalized spacial score (nSPS) is 19.7. The number of aromatic nitrogens is 1. The fraction of sp³-hybridized carbons (Fsp3) is 0.364. The molecule has 0 unspecified atom stereocenters. The first-order chi connectivity index (χ1) is 13.0. The molecule has 3 rings (SSSR count). The number of halogens is 2. The molecule has 2 aromatic rings. The van der Waals surface area contributed by atoms with E-state index in [2.05, 4.69) is 11.6 Å². The Morgan fingerprint density at radius 1 is 1.30 bits per heavy atom. The molecule has 3 nitrogen and oxygen atoms in total. The number of ketones is 1. The van der Waals surface area contributed by atoms with E-state index in [9.17, 15) is 14.3 Å². The fourth-order valence-corrected chi connectivity index (χ4v) is 4.00. The molecule has 0 atom stereocenters. The van der Waals surface area contributed by atoms with E-state index in [1.807, 2.05) is 6.08 Å². The molecule has 0 aliphatic heterocycles. The number of phenols is 1. The SMILES string of the molecule is C=CC1CCC(c2ccc(-c3ccc(C(=O)CC)c(O)c3Cl)nc2F)CC1. The molecule has 1 aliphatic carbocycles. The second kappa shape index (κ2) is 8.22. The van der Waals surface area contributed by atoms with Gasteiger partial charge in [-0.1, -0.05) is 36.7 Å². The molecule has 1 fully saturated rings. The van der Waals surface area contributed by atoms with Crippen molar-refractivity contribution in [1.82, 2.24) is 4.98 Å². The molecule has 27 heavy (non-hydrogen) atoms. The minimum atomic E-state index is -0.501. The lowest BCUT2D eigenvalue weighted by Gasteiger charge is -2.27. The minimum Gasteiger partial charge on any atom is -0.506 e. The maximum absolute atomic E-state index is 14.7. The van der Waals surface area contributed by atoms with Crippen LogP contribution in [0.3, 0.4) is 0 Å². The molecule has 1 aromatic heterocycles. The van der Waals surface area contributed by atoms with Crippen molar-refractivity contribution in [2.75, 3.05) is 0 Å². The molecule has 0 spiro atoms. The van der Waals surface area contributed by atoms with Gasteiger partial charge in [0.25, 0.3) is 0 Å². The number of nitrogens with zero attached hydrogens (tertiary/aromatic N) is 1. The van der Waals surface area contributed by atoms with Crippen LogP contribution in [0.5, 0.6) is 5.75 Å². The standard InChI is InChI=1S/C22H23ClFNO2/c1-3-13-5-7-14(8-6-13)15-11-12-18(25-22(15)24)16-9-10-17(19(26)4-2)21(27)20(16)23/h3,9-14,27H,1,4-8H2,2H3. The summed E-state index contributed by atoms with van der Waals surface area (Å²) >= 11 is 6.23. The highest BCUT2D eigenvalue weighted by atomic mass is 35.5. The number of hydrogen-bond donors (Lipinski definition) is 1. The molecule has 1 N–H and O–H groups in total. The quantitative estimate of drug-likeness (QED) is 0.372. The van der Waals surface area contributed by atoms with Crippen LogP contribution < -0.4 is 0 Å². The van der Waals surface area contributed by atoms with E-state index < -0.39 is 5.95 Å². The van der Waals surface area contributed by atoms with Crippen molar-refractivity contribution in [1.29, 1.82) is 0 Å². The van der Waals surface area contributed by atoms with Crippen molar-refractivity contribution < 1.29 is 14.3 Å². The van der Waals surface area contributed by atoms with Crippen molar-refractivity contribution in [3.8, 4) is 17.0 Å². The average Bonchev–Trinajstić information content (AvgIpc) is 2.69. The molecule has 0 bridgehead atoms. The molecule has 1 saturated carbocycles. The first-order valence-electron chi connectivity index (χ1n) is 9.30. The number of allylic oxidation sites excluding steroid dienone is 1. The van der Waals surface area contributed by atoms with Gasteiger partial charge in [0.05, 0.1) is 16.3 Å². The van der Waals surface area contributed by atoms with Crippen molar-refractivity contribution >= 4 is 17.4 Å². The van der Waals surface area contributed by atoms with Gasteiger partial charge in [-0.3, -0.25) is 4.79 Å².